The summed E-state index contributed by atoms with van der Waals surface area (Å²) in [4.78, 5) is 22.0. The molecule has 0 aromatic rings. The Morgan fingerprint density at radius 1 is 1.47 bits per heavy atom. The maximum atomic E-state index is 11.0. The molecule has 0 saturated carbocycles. The fraction of sp³-hybridized carbons (Fsp3) is 0.818. The van der Waals surface area contributed by atoms with E-state index in [2.05, 4.69) is 0 Å². The van der Waals surface area contributed by atoms with E-state index in [-0.39, 0.29) is 5.92 Å². The van der Waals surface area contributed by atoms with Gasteiger partial charge in [-0.25, -0.2) is 4.79 Å². The third-order valence-corrected chi connectivity index (χ3v) is 2.81. The zero-order valence-corrected chi connectivity index (χ0v) is 10.4. The molecule has 98 valence electrons. The summed E-state index contributed by atoms with van der Waals surface area (Å²) >= 11 is 0. The van der Waals surface area contributed by atoms with Gasteiger partial charge in [-0.3, -0.25) is 0 Å². The molecule has 4 atom stereocenters. The van der Waals surface area contributed by atoms with Crippen LogP contribution in [0.3, 0.4) is 0 Å². The van der Waals surface area contributed by atoms with Crippen LogP contribution in [0.25, 0.3) is 0 Å². The van der Waals surface area contributed by atoms with Crippen LogP contribution in [0.15, 0.2) is 0 Å². The Bertz CT molecular complexity index is 300. The van der Waals surface area contributed by atoms with E-state index in [9.17, 15) is 9.59 Å². The molecule has 0 aliphatic carbocycles. The van der Waals surface area contributed by atoms with Gasteiger partial charge in [0.05, 0.1) is 0 Å². The lowest BCUT2D eigenvalue weighted by Gasteiger charge is -2.44. The van der Waals surface area contributed by atoms with Crippen molar-refractivity contribution < 1.29 is 28.9 Å². The van der Waals surface area contributed by atoms with Crippen LogP contribution < -0.4 is 0 Å². The minimum absolute atomic E-state index is 0.387. The minimum Gasteiger partial charge on any atom is -0.479 e. The summed E-state index contributed by atoms with van der Waals surface area (Å²) in [7, 11) is 1.30. The van der Waals surface area contributed by atoms with E-state index in [1.165, 1.54) is 7.11 Å². The van der Waals surface area contributed by atoms with Crippen LogP contribution in [0.4, 0.5) is 0 Å². The van der Waals surface area contributed by atoms with E-state index in [0.29, 0.717) is 6.29 Å². The van der Waals surface area contributed by atoms with Gasteiger partial charge in [-0.1, -0.05) is 6.92 Å². The molecule has 1 N–H and O–H groups in total. The van der Waals surface area contributed by atoms with Gasteiger partial charge >= 0.3 is 5.97 Å². The smallest absolute Gasteiger partial charge is 0.335 e. The van der Waals surface area contributed by atoms with Gasteiger partial charge in [-0.15, -0.1) is 0 Å². The molecule has 1 aliphatic rings. The van der Waals surface area contributed by atoms with Crippen LogP contribution >= 0.6 is 0 Å². The van der Waals surface area contributed by atoms with Crippen molar-refractivity contribution in [3.8, 4) is 0 Å². The Kier molecular flexibility index (Phi) is 4.24. The molecule has 1 fully saturated rings. The molecule has 1 aliphatic heterocycles. The van der Waals surface area contributed by atoms with Gasteiger partial charge in [0.15, 0.2) is 11.9 Å². The highest BCUT2D eigenvalue weighted by molar-refractivity contribution is 5.73. The monoisotopic (exact) mass is 246 g/mol. The number of aliphatic carboxylic acids is 1. The van der Waals surface area contributed by atoms with Gasteiger partial charge < -0.3 is 24.1 Å². The van der Waals surface area contributed by atoms with Crippen molar-refractivity contribution in [2.45, 2.75) is 44.9 Å². The number of methoxy groups -OCH3 is 1. The van der Waals surface area contributed by atoms with Crippen molar-refractivity contribution in [3.05, 3.63) is 0 Å². The number of hydrogen-bond acceptors (Lipinski definition) is 5. The SMILES string of the molecule is CO[C@@H](C(=O)O)[C@@H]1OC(C)(C)O[C@H](C=O)[C@@H]1C. The predicted octanol–water partition coefficient (Wildman–Crippen LogP) is 0.441. The number of carbonyl (C=O) groups excluding carboxylic acids is 1. The molecule has 6 heteroatoms. The summed E-state index contributed by atoms with van der Waals surface area (Å²) in [6.45, 7) is 4.97. The van der Waals surface area contributed by atoms with Gasteiger partial charge in [0.25, 0.3) is 0 Å². The van der Waals surface area contributed by atoms with E-state index < -0.39 is 30.1 Å². The Labute approximate surface area is 99.8 Å². The first kappa shape index (κ1) is 14.1. The lowest BCUT2D eigenvalue weighted by atomic mass is 9.92. The van der Waals surface area contributed by atoms with Gasteiger partial charge in [0.2, 0.25) is 0 Å². The van der Waals surface area contributed by atoms with E-state index >= 15 is 0 Å². The summed E-state index contributed by atoms with van der Waals surface area (Å²) in [6.07, 6.45) is -1.87. The van der Waals surface area contributed by atoms with E-state index in [4.69, 9.17) is 19.3 Å². The minimum atomic E-state index is -1.12. The van der Waals surface area contributed by atoms with E-state index in [1.807, 2.05) is 0 Å². The molecular formula is C11H18O6. The molecular weight excluding hydrogens is 228 g/mol. The molecule has 0 bridgehead atoms. The second-order valence-corrected chi connectivity index (χ2v) is 4.55. The Balaban J connectivity index is 2.95. The Morgan fingerprint density at radius 2 is 2.06 bits per heavy atom. The molecule has 1 heterocycles. The first-order valence-corrected chi connectivity index (χ1v) is 5.39. The zero-order valence-electron chi connectivity index (χ0n) is 10.4. The van der Waals surface area contributed by atoms with Gasteiger partial charge in [-0.2, -0.15) is 0 Å². The topological polar surface area (TPSA) is 82.1 Å². The fourth-order valence-electron chi connectivity index (χ4n) is 1.95. The molecule has 0 aromatic heterocycles. The van der Waals surface area contributed by atoms with Gasteiger partial charge in [0, 0.05) is 13.0 Å². The average molecular weight is 246 g/mol. The number of carbonyl (C=O) groups is 2. The molecule has 17 heavy (non-hydrogen) atoms. The molecule has 0 unspecified atom stereocenters. The number of ether oxygens (including phenoxy) is 3. The molecule has 6 nitrogen and oxygen atoms in total. The fourth-order valence-corrected chi connectivity index (χ4v) is 1.95. The second kappa shape index (κ2) is 5.12. The van der Waals surface area contributed by atoms with Crippen LogP contribution in [0.1, 0.15) is 20.8 Å². The molecule has 0 spiro atoms. The van der Waals surface area contributed by atoms with Gasteiger partial charge in [0.1, 0.15) is 18.5 Å². The van der Waals surface area contributed by atoms with Crippen molar-refractivity contribution in [1.29, 1.82) is 0 Å². The lowest BCUT2D eigenvalue weighted by Crippen LogP contribution is -2.56. The summed E-state index contributed by atoms with van der Waals surface area (Å²) in [6, 6.07) is 0. The zero-order chi connectivity index (χ0) is 13.2. The van der Waals surface area contributed by atoms with E-state index in [1.54, 1.807) is 20.8 Å². The lowest BCUT2D eigenvalue weighted by molar-refractivity contribution is -0.322. The Hall–Kier alpha value is -0.980. The van der Waals surface area contributed by atoms with Crippen LogP contribution in [0.5, 0.6) is 0 Å². The van der Waals surface area contributed by atoms with Crippen molar-refractivity contribution >= 4 is 12.3 Å². The largest absolute Gasteiger partial charge is 0.479 e. The highest BCUT2D eigenvalue weighted by Gasteiger charge is 2.46. The van der Waals surface area contributed by atoms with Crippen molar-refractivity contribution in [1.82, 2.24) is 0 Å². The maximum Gasteiger partial charge on any atom is 0.335 e. The highest BCUT2D eigenvalue weighted by atomic mass is 16.7. The molecule has 0 amide bonds. The highest BCUT2D eigenvalue weighted by Crippen LogP contribution is 2.32. The summed E-state index contributed by atoms with van der Waals surface area (Å²) in [5, 5.41) is 9.04. The quantitative estimate of drug-likeness (QED) is 0.725. The number of carboxylic acids is 1. The maximum absolute atomic E-state index is 11.0. The summed E-state index contributed by atoms with van der Waals surface area (Å²) in [5.74, 6) is -2.51. The first-order chi connectivity index (χ1) is 7.82. The molecule has 1 rings (SSSR count). The van der Waals surface area contributed by atoms with Crippen LogP contribution in [0.2, 0.25) is 0 Å². The number of hydrogen-bond donors (Lipinski definition) is 1. The molecule has 1 saturated heterocycles. The first-order valence-electron chi connectivity index (χ1n) is 5.39. The van der Waals surface area contributed by atoms with Gasteiger partial charge in [-0.05, 0) is 13.8 Å². The number of aldehydes is 1. The standard InChI is InChI=1S/C11H18O6/c1-6-7(5-12)16-11(2,3)17-8(6)9(15-4)10(13)14/h5-9H,1-4H3,(H,13,14)/t6-,7+,8+,9+/m0/s1. The number of rotatable bonds is 4. The Morgan fingerprint density at radius 3 is 2.47 bits per heavy atom. The van der Waals surface area contributed by atoms with Crippen molar-refractivity contribution in [2.75, 3.05) is 7.11 Å². The normalized spacial score (nSPS) is 34.0. The van der Waals surface area contributed by atoms with E-state index in [0.717, 1.165) is 0 Å². The second-order valence-electron chi connectivity index (χ2n) is 4.55. The third kappa shape index (κ3) is 3.02. The average Bonchev–Trinajstić information content (AvgIpc) is 2.22. The molecule has 0 aromatic carbocycles. The van der Waals surface area contributed by atoms with Crippen LogP contribution in [0, 0.1) is 5.92 Å². The van der Waals surface area contributed by atoms with Crippen LogP contribution in [-0.4, -0.2) is 48.6 Å². The predicted molar refractivity (Wildman–Crippen MR) is 57.5 cm³/mol. The summed E-state index contributed by atoms with van der Waals surface area (Å²) < 4.78 is 15.9. The molecule has 0 radical (unpaired) electrons. The van der Waals surface area contributed by atoms with Crippen molar-refractivity contribution in [3.63, 3.8) is 0 Å². The number of carboxylic acid groups (broad SMARTS) is 1. The summed E-state index contributed by atoms with van der Waals surface area (Å²) in [5.41, 5.74) is 0. The third-order valence-electron chi connectivity index (χ3n) is 2.81. The van der Waals surface area contributed by atoms with Crippen molar-refractivity contribution in [2.24, 2.45) is 5.92 Å². The van der Waals surface area contributed by atoms with Crippen LogP contribution in [-0.2, 0) is 23.8 Å².